The lowest BCUT2D eigenvalue weighted by atomic mass is 9.58. The van der Waals surface area contributed by atoms with E-state index in [4.69, 9.17) is 5.73 Å². The first-order chi connectivity index (χ1) is 20.1. The minimum atomic E-state index is -4.34. The van der Waals surface area contributed by atoms with E-state index in [9.17, 15) is 48.0 Å². The predicted molar refractivity (Wildman–Crippen MR) is 147 cm³/mol. The van der Waals surface area contributed by atoms with E-state index in [-0.39, 0.29) is 36.3 Å². The number of allylic oxidation sites excluding steroid dienone is 1. The first-order valence-electron chi connectivity index (χ1n) is 13.4. The molecule has 0 saturated carbocycles. The van der Waals surface area contributed by atoms with Crippen LogP contribution in [0.2, 0.25) is 0 Å². The van der Waals surface area contributed by atoms with Gasteiger partial charge in [0.15, 0.2) is 11.4 Å². The summed E-state index contributed by atoms with van der Waals surface area (Å²) in [5, 5.41) is 47.0. The summed E-state index contributed by atoms with van der Waals surface area (Å²) >= 11 is 0. The normalized spacial score (nSPS) is 25.5. The number of amides is 1. The van der Waals surface area contributed by atoms with Crippen LogP contribution in [0.15, 0.2) is 59.1 Å². The molecule has 13 heteroatoms. The van der Waals surface area contributed by atoms with Gasteiger partial charge in [-0.1, -0.05) is 30.3 Å². The Kier molecular flexibility index (Phi) is 7.39. The molecule has 1 amide bonds. The molecule has 10 nitrogen and oxygen atoms in total. The number of carbonyl (C=O) groups excluding carboxylic acids is 3. The molecule has 0 spiro atoms. The van der Waals surface area contributed by atoms with Gasteiger partial charge in [-0.05, 0) is 61.2 Å². The number of Topliss-reactive ketones (excluding diaryl/α,β-unsaturated/α-hetero) is 2. The number of ketones is 2. The second kappa shape index (κ2) is 10.5. The molecule has 7 N–H and O–H groups in total. The molecule has 228 valence electrons. The van der Waals surface area contributed by atoms with Crippen molar-refractivity contribution >= 4 is 17.5 Å². The highest BCUT2D eigenvalue weighted by Gasteiger charge is 2.63. The zero-order chi connectivity index (χ0) is 31.6. The maximum absolute atomic E-state index is 13.9. The molecule has 2 aromatic rings. The molecule has 0 saturated heterocycles. The van der Waals surface area contributed by atoms with Crippen molar-refractivity contribution in [2.75, 3.05) is 20.6 Å². The molecule has 43 heavy (non-hydrogen) atoms. The molecule has 0 radical (unpaired) electrons. The van der Waals surface area contributed by atoms with Crippen LogP contribution in [0.4, 0.5) is 13.2 Å². The van der Waals surface area contributed by atoms with Crippen molar-refractivity contribution in [2.24, 2.45) is 17.6 Å². The monoisotopic (exact) mass is 601 g/mol. The van der Waals surface area contributed by atoms with Crippen molar-refractivity contribution in [3.8, 4) is 16.9 Å². The van der Waals surface area contributed by atoms with Crippen molar-refractivity contribution in [1.29, 1.82) is 0 Å². The standard InChI is InChI=1S/C30H30F3N3O7/c1-36(2)23-18-10-15-9-17-16(14-5-3-13(4-6-14)11-35-12-29(31,32)33)7-8-19(37)21(17)24(38)20(15)26(40)30(18,43)27(41)22(25(23)39)28(34)42/h3-8,15,18,23,35,37,39-40,43H,9-12H2,1-2H3,(H2,34,42)/t15-,18-,23?,30-/m0/s1. The number of halogens is 3. The predicted octanol–water partition coefficient (Wildman–Crippen LogP) is 2.44. The average molecular weight is 602 g/mol. The second-order valence-corrected chi connectivity index (χ2v) is 11.4. The van der Waals surface area contributed by atoms with Crippen molar-refractivity contribution in [3.63, 3.8) is 0 Å². The molecular formula is C30H30F3N3O7. The highest BCUT2D eigenvalue weighted by molar-refractivity contribution is 6.24. The number of benzene rings is 2. The summed E-state index contributed by atoms with van der Waals surface area (Å²) < 4.78 is 37.4. The number of nitrogens with two attached hydrogens (primary N) is 1. The number of carbonyl (C=O) groups is 3. The van der Waals surface area contributed by atoms with E-state index >= 15 is 0 Å². The second-order valence-electron chi connectivity index (χ2n) is 11.4. The largest absolute Gasteiger partial charge is 0.510 e. The fraction of sp³-hybridized carbons (Fsp3) is 0.367. The Morgan fingerprint density at radius 3 is 2.33 bits per heavy atom. The first kappa shape index (κ1) is 30.3. The lowest BCUT2D eigenvalue weighted by molar-refractivity contribution is -0.148. The number of hydrogen-bond donors (Lipinski definition) is 6. The Balaban J connectivity index is 1.57. The number of fused-ring (bicyclic) bond motifs is 3. The van der Waals surface area contributed by atoms with E-state index in [0.29, 0.717) is 22.3 Å². The van der Waals surface area contributed by atoms with Crippen LogP contribution >= 0.6 is 0 Å². The summed E-state index contributed by atoms with van der Waals surface area (Å²) in [6, 6.07) is 8.44. The molecule has 0 fully saturated rings. The molecule has 3 aliphatic carbocycles. The fourth-order valence-electron chi connectivity index (χ4n) is 6.67. The third kappa shape index (κ3) is 4.86. The van der Waals surface area contributed by atoms with Gasteiger partial charge in [-0.2, -0.15) is 13.2 Å². The number of primary amides is 1. The summed E-state index contributed by atoms with van der Waals surface area (Å²) in [5.41, 5.74) is 3.58. The van der Waals surface area contributed by atoms with E-state index in [1.165, 1.54) is 11.0 Å². The first-order valence-corrected chi connectivity index (χ1v) is 13.4. The Labute approximate surface area is 243 Å². The number of likely N-dealkylation sites (N-methyl/N-ethyl adjacent to an activating group) is 1. The number of phenolic OH excluding ortho intramolecular Hbond substituents is 1. The molecule has 3 aliphatic rings. The molecule has 0 aliphatic heterocycles. The van der Waals surface area contributed by atoms with Gasteiger partial charge in [0, 0.05) is 18.0 Å². The Morgan fingerprint density at radius 1 is 1.09 bits per heavy atom. The summed E-state index contributed by atoms with van der Waals surface area (Å²) in [7, 11) is 3.09. The zero-order valence-electron chi connectivity index (χ0n) is 23.2. The molecule has 2 aromatic carbocycles. The van der Waals surface area contributed by atoms with Crippen LogP contribution < -0.4 is 11.1 Å². The number of nitrogens with zero attached hydrogens (tertiary/aromatic N) is 1. The van der Waals surface area contributed by atoms with Gasteiger partial charge in [-0.25, -0.2) is 0 Å². The Morgan fingerprint density at radius 2 is 1.74 bits per heavy atom. The van der Waals surface area contributed by atoms with E-state index < -0.39 is 70.8 Å². The van der Waals surface area contributed by atoms with Gasteiger partial charge in [0.25, 0.3) is 5.91 Å². The van der Waals surface area contributed by atoms with Gasteiger partial charge in [0.1, 0.15) is 22.8 Å². The minimum Gasteiger partial charge on any atom is -0.510 e. The van der Waals surface area contributed by atoms with Crippen molar-refractivity contribution in [2.45, 2.75) is 37.2 Å². The van der Waals surface area contributed by atoms with Gasteiger partial charge >= 0.3 is 6.18 Å². The maximum Gasteiger partial charge on any atom is 0.401 e. The Bertz CT molecular complexity index is 1600. The molecule has 0 aromatic heterocycles. The molecule has 5 rings (SSSR count). The molecule has 0 heterocycles. The number of aliphatic hydroxyl groups is 3. The highest BCUT2D eigenvalue weighted by atomic mass is 19.4. The fourth-order valence-corrected chi connectivity index (χ4v) is 6.67. The van der Waals surface area contributed by atoms with Crippen LogP contribution in [0, 0.1) is 11.8 Å². The van der Waals surface area contributed by atoms with E-state index in [1.54, 1.807) is 44.4 Å². The third-order valence-corrected chi connectivity index (χ3v) is 8.53. The minimum absolute atomic E-state index is 0.0176. The number of nitrogens with one attached hydrogen (secondary N) is 1. The summed E-state index contributed by atoms with van der Waals surface area (Å²) in [6.07, 6.45) is -4.29. The van der Waals surface area contributed by atoms with Crippen LogP contribution in [0.1, 0.15) is 27.9 Å². The van der Waals surface area contributed by atoms with Crippen LogP contribution in [0.5, 0.6) is 5.75 Å². The summed E-state index contributed by atoms with van der Waals surface area (Å²) in [4.78, 5) is 40.8. The molecule has 0 bridgehead atoms. The van der Waals surface area contributed by atoms with Gasteiger partial charge in [0.2, 0.25) is 5.78 Å². The zero-order valence-corrected chi connectivity index (χ0v) is 23.2. The van der Waals surface area contributed by atoms with Gasteiger partial charge in [-0.3, -0.25) is 19.3 Å². The average Bonchev–Trinajstić information content (AvgIpc) is 2.90. The van der Waals surface area contributed by atoms with Crippen LogP contribution in [0.25, 0.3) is 11.1 Å². The maximum atomic E-state index is 13.9. The van der Waals surface area contributed by atoms with Crippen molar-refractivity contribution < 1.29 is 48.0 Å². The number of alkyl halides is 3. The van der Waals surface area contributed by atoms with Crippen LogP contribution in [-0.4, -0.2) is 81.3 Å². The number of rotatable bonds is 6. The lowest BCUT2D eigenvalue weighted by Crippen LogP contribution is -2.63. The number of hydrogen-bond acceptors (Lipinski definition) is 9. The van der Waals surface area contributed by atoms with E-state index in [2.05, 4.69) is 5.32 Å². The van der Waals surface area contributed by atoms with Crippen LogP contribution in [-0.2, 0) is 22.6 Å². The molecule has 4 atom stereocenters. The van der Waals surface area contributed by atoms with Crippen molar-refractivity contribution in [1.82, 2.24) is 10.2 Å². The highest BCUT2D eigenvalue weighted by Crippen LogP contribution is 2.53. The number of aliphatic hydroxyl groups excluding tert-OH is 2. The van der Waals surface area contributed by atoms with E-state index in [0.717, 1.165) is 0 Å². The summed E-state index contributed by atoms with van der Waals surface area (Å²) in [6.45, 7) is -1.16. The molecular weight excluding hydrogens is 571 g/mol. The quantitative estimate of drug-likeness (QED) is 0.272. The van der Waals surface area contributed by atoms with Crippen molar-refractivity contribution in [3.05, 3.63) is 75.8 Å². The van der Waals surface area contributed by atoms with E-state index in [1.807, 2.05) is 0 Å². The third-order valence-electron chi connectivity index (χ3n) is 8.53. The molecule has 1 unspecified atom stereocenters. The summed E-state index contributed by atoms with van der Waals surface area (Å²) in [5.74, 6) is -7.30. The van der Waals surface area contributed by atoms with Gasteiger partial charge < -0.3 is 31.5 Å². The lowest BCUT2D eigenvalue weighted by Gasteiger charge is -2.50. The SMILES string of the molecule is CN(C)C1C(O)=C(C(N)=O)C(=O)[C@@]2(O)C(O)=C3C(=O)c4c(O)ccc(-c5ccc(CNCC(F)(F)F)cc5)c4C[C@H]3C[C@@H]12. The van der Waals surface area contributed by atoms with Gasteiger partial charge in [0.05, 0.1) is 18.2 Å². The van der Waals surface area contributed by atoms with Crippen LogP contribution in [0.3, 0.4) is 0 Å². The topological polar surface area (TPSA) is 173 Å². The smallest absolute Gasteiger partial charge is 0.401 e. The number of phenols is 1. The number of aromatic hydroxyl groups is 1. The Hall–Kier alpha value is -4.20. The van der Waals surface area contributed by atoms with Gasteiger partial charge in [-0.15, -0.1) is 0 Å².